The Bertz CT molecular complexity index is 317. The molecule has 2 rings (SSSR count). The van der Waals surface area contributed by atoms with E-state index >= 15 is 0 Å². The largest absolute Gasteiger partial charge is 0.484 e. The average Bonchev–Trinajstić information content (AvgIpc) is 2.03. The Morgan fingerprint density at radius 2 is 2.38 bits per heavy atom. The summed E-state index contributed by atoms with van der Waals surface area (Å²) in [6, 6.07) is 1.68. The van der Waals surface area contributed by atoms with E-state index in [1.54, 1.807) is 12.3 Å². The first-order chi connectivity index (χ1) is 6.25. The molecular formula is C8H7BrClNO2. The molecule has 1 aromatic heterocycles. The van der Waals surface area contributed by atoms with Gasteiger partial charge in [0.2, 0.25) is 0 Å². The van der Waals surface area contributed by atoms with Crippen molar-refractivity contribution < 1.29 is 9.47 Å². The van der Waals surface area contributed by atoms with Gasteiger partial charge < -0.3 is 9.47 Å². The van der Waals surface area contributed by atoms with Gasteiger partial charge in [-0.25, -0.2) is 4.98 Å². The van der Waals surface area contributed by atoms with E-state index in [4.69, 9.17) is 21.1 Å². The Kier molecular flexibility index (Phi) is 2.71. The molecule has 1 saturated heterocycles. The Labute approximate surface area is 89.1 Å². The first kappa shape index (κ1) is 9.24. The fourth-order valence-corrected chi connectivity index (χ4v) is 1.41. The van der Waals surface area contributed by atoms with Crippen LogP contribution in [-0.4, -0.2) is 24.3 Å². The summed E-state index contributed by atoms with van der Waals surface area (Å²) in [6.45, 7) is 1.29. The second kappa shape index (κ2) is 3.82. The van der Waals surface area contributed by atoms with Crippen LogP contribution in [0.2, 0.25) is 5.15 Å². The highest BCUT2D eigenvalue weighted by Crippen LogP contribution is 2.28. The summed E-state index contributed by atoms with van der Waals surface area (Å²) < 4.78 is 11.4. The lowest BCUT2D eigenvalue weighted by atomic mass is 10.3. The zero-order valence-electron chi connectivity index (χ0n) is 6.67. The molecule has 1 aromatic rings. The molecule has 1 fully saturated rings. The van der Waals surface area contributed by atoms with Crippen molar-refractivity contribution in [2.45, 2.75) is 6.10 Å². The SMILES string of the molecule is Clc1cc(OC2COC2)c(Br)cn1. The van der Waals surface area contributed by atoms with Crippen molar-refractivity contribution in [3.63, 3.8) is 0 Å². The van der Waals surface area contributed by atoms with Gasteiger partial charge in [0.15, 0.2) is 0 Å². The molecule has 3 nitrogen and oxygen atoms in total. The van der Waals surface area contributed by atoms with Crippen molar-refractivity contribution >= 4 is 27.5 Å². The number of ether oxygens (including phenoxy) is 2. The second-order valence-corrected chi connectivity index (χ2v) is 3.96. The minimum Gasteiger partial charge on any atom is -0.484 e. The van der Waals surface area contributed by atoms with Crippen molar-refractivity contribution in [3.8, 4) is 5.75 Å². The average molecular weight is 265 g/mol. The number of hydrogen-bond acceptors (Lipinski definition) is 3. The van der Waals surface area contributed by atoms with Gasteiger partial charge in [-0.15, -0.1) is 0 Å². The summed E-state index contributed by atoms with van der Waals surface area (Å²) >= 11 is 9.04. The first-order valence-electron chi connectivity index (χ1n) is 3.81. The molecule has 0 aliphatic carbocycles. The molecule has 0 atom stereocenters. The van der Waals surface area contributed by atoms with Crippen LogP contribution in [0.5, 0.6) is 5.75 Å². The van der Waals surface area contributed by atoms with Crippen LogP contribution in [0, 0.1) is 0 Å². The van der Waals surface area contributed by atoms with Crippen LogP contribution in [0.3, 0.4) is 0 Å². The monoisotopic (exact) mass is 263 g/mol. The number of halogens is 2. The van der Waals surface area contributed by atoms with Crippen LogP contribution in [0.25, 0.3) is 0 Å². The molecule has 0 saturated carbocycles. The standard InChI is InChI=1S/C8H7BrClNO2/c9-6-2-11-8(10)1-7(6)13-5-3-12-4-5/h1-2,5H,3-4H2. The molecule has 1 aliphatic heterocycles. The fourth-order valence-electron chi connectivity index (χ4n) is 0.948. The highest BCUT2D eigenvalue weighted by Gasteiger charge is 2.21. The summed E-state index contributed by atoms with van der Waals surface area (Å²) in [5.74, 6) is 0.716. The van der Waals surface area contributed by atoms with Gasteiger partial charge >= 0.3 is 0 Å². The van der Waals surface area contributed by atoms with Crippen molar-refractivity contribution in [2.75, 3.05) is 13.2 Å². The van der Waals surface area contributed by atoms with Crippen LogP contribution in [0.1, 0.15) is 0 Å². The Morgan fingerprint density at radius 1 is 1.62 bits per heavy atom. The van der Waals surface area contributed by atoms with Crippen LogP contribution in [0.15, 0.2) is 16.7 Å². The summed E-state index contributed by atoms with van der Waals surface area (Å²) in [5, 5.41) is 0.429. The van der Waals surface area contributed by atoms with Crippen LogP contribution in [0.4, 0.5) is 0 Å². The molecule has 1 aliphatic rings. The molecule has 0 N–H and O–H groups in total. The smallest absolute Gasteiger partial charge is 0.145 e. The Morgan fingerprint density at radius 3 is 3.00 bits per heavy atom. The van der Waals surface area contributed by atoms with E-state index < -0.39 is 0 Å². The lowest BCUT2D eigenvalue weighted by Crippen LogP contribution is -2.38. The molecule has 0 amide bonds. The van der Waals surface area contributed by atoms with E-state index in [-0.39, 0.29) is 6.10 Å². The van der Waals surface area contributed by atoms with Crippen LogP contribution >= 0.6 is 27.5 Å². The third kappa shape index (κ3) is 2.13. The maximum Gasteiger partial charge on any atom is 0.145 e. The molecule has 5 heteroatoms. The first-order valence-corrected chi connectivity index (χ1v) is 4.98. The number of pyridine rings is 1. The van der Waals surface area contributed by atoms with Crippen LogP contribution in [-0.2, 0) is 4.74 Å². The number of rotatable bonds is 2. The zero-order chi connectivity index (χ0) is 9.26. The third-order valence-corrected chi connectivity index (χ3v) is 2.49. The van der Waals surface area contributed by atoms with Gasteiger partial charge in [-0.3, -0.25) is 0 Å². The lowest BCUT2D eigenvalue weighted by Gasteiger charge is -2.27. The number of nitrogens with zero attached hydrogens (tertiary/aromatic N) is 1. The van der Waals surface area contributed by atoms with Crippen molar-refractivity contribution in [1.82, 2.24) is 4.98 Å². The van der Waals surface area contributed by atoms with Crippen molar-refractivity contribution in [2.24, 2.45) is 0 Å². The lowest BCUT2D eigenvalue weighted by molar-refractivity contribution is -0.0799. The molecule has 0 radical (unpaired) electrons. The predicted molar refractivity (Wildman–Crippen MR) is 52.2 cm³/mol. The van der Waals surface area contributed by atoms with Crippen molar-refractivity contribution in [1.29, 1.82) is 0 Å². The Hall–Kier alpha value is -0.320. The molecule has 2 heterocycles. The van der Waals surface area contributed by atoms with Gasteiger partial charge in [0.25, 0.3) is 0 Å². The van der Waals surface area contributed by atoms with Gasteiger partial charge in [0.05, 0.1) is 17.7 Å². The molecular weight excluding hydrogens is 257 g/mol. The predicted octanol–water partition coefficient (Wildman–Crippen LogP) is 2.28. The maximum atomic E-state index is 5.72. The third-order valence-electron chi connectivity index (χ3n) is 1.69. The van der Waals surface area contributed by atoms with E-state index in [2.05, 4.69) is 20.9 Å². The molecule has 0 aromatic carbocycles. The zero-order valence-corrected chi connectivity index (χ0v) is 9.01. The van der Waals surface area contributed by atoms with Gasteiger partial charge in [-0.2, -0.15) is 0 Å². The van der Waals surface area contributed by atoms with Crippen LogP contribution < -0.4 is 4.74 Å². The van der Waals surface area contributed by atoms with Gasteiger partial charge in [-0.1, -0.05) is 11.6 Å². The highest BCUT2D eigenvalue weighted by molar-refractivity contribution is 9.10. The van der Waals surface area contributed by atoms with E-state index in [0.717, 1.165) is 4.47 Å². The molecule has 0 unspecified atom stereocenters. The minimum absolute atomic E-state index is 0.148. The van der Waals surface area contributed by atoms with Gasteiger partial charge in [0.1, 0.15) is 17.0 Å². The minimum atomic E-state index is 0.148. The summed E-state index contributed by atoms with van der Waals surface area (Å²) in [6.07, 6.45) is 1.77. The normalized spacial score (nSPS) is 16.8. The number of hydrogen-bond donors (Lipinski definition) is 0. The topological polar surface area (TPSA) is 31.4 Å². The van der Waals surface area contributed by atoms with Gasteiger partial charge in [0, 0.05) is 12.3 Å². The summed E-state index contributed by atoms with van der Waals surface area (Å²) in [5.41, 5.74) is 0. The van der Waals surface area contributed by atoms with E-state index in [0.29, 0.717) is 24.1 Å². The van der Waals surface area contributed by atoms with E-state index in [1.165, 1.54) is 0 Å². The molecule has 70 valence electrons. The molecule has 13 heavy (non-hydrogen) atoms. The highest BCUT2D eigenvalue weighted by atomic mass is 79.9. The molecule has 0 spiro atoms. The van der Waals surface area contributed by atoms with Crippen molar-refractivity contribution in [3.05, 3.63) is 21.9 Å². The molecule has 0 bridgehead atoms. The quantitative estimate of drug-likeness (QED) is 0.768. The second-order valence-electron chi connectivity index (χ2n) is 2.71. The summed E-state index contributed by atoms with van der Waals surface area (Å²) in [4.78, 5) is 3.90. The van der Waals surface area contributed by atoms with E-state index in [9.17, 15) is 0 Å². The van der Waals surface area contributed by atoms with E-state index in [1.807, 2.05) is 0 Å². The van der Waals surface area contributed by atoms with Gasteiger partial charge in [-0.05, 0) is 15.9 Å². The number of aromatic nitrogens is 1. The maximum absolute atomic E-state index is 5.72. The Balaban J connectivity index is 2.13. The summed E-state index contributed by atoms with van der Waals surface area (Å²) in [7, 11) is 0. The fraction of sp³-hybridized carbons (Fsp3) is 0.375.